The summed E-state index contributed by atoms with van der Waals surface area (Å²) in [5.74, 6) is 1.31. The van der Waals surface area contributed by atoms with Crippen molar-refractivity contribution in [3.8, 4) is 0 Å². The molecule has 1 aromatic carbocycles. The van der Waals surface area contributed by atoms with Crippen LogP contribution in [0, 0.1) is 5.41 Å². The van der Waals surface area contributed by atoms with E-state index in [0.717, 1.165) is 58.1 Å². The first-order chi connectivity index (χ1) is 13.7. The fraction of sp³-hybridized carbons (Fsp3) is 0.652. The highest BCUT2D eigenvalue weighted by Gasteiger charge is 2.43. The van der Waals surface area contributed by atoms with Crippen LogP contribution in [0.3, 0.4) is 0 Å². The van der Waals surface area contributed by atoms with Crippen LogP contribution >= 0.6 is 24.0 Å². The van der Waals surface area contributed by atoms with Crippen LogP contribution in [0.5, 0.6) is 0 Å². The molecule has 29 heavy (non-hydrogen) atoms. The van der Waals surface area contributed by atoms with Crippen LogP contribution in [0.1, 0.15) is 56.6 Å². The molecule has 0 atom stereocenters. The van der Waals surface area contributed by atoms with Gasteiger partial charge >= 0.3 is 0 Å². The molecule has 160 valence electrons. The smallest absolute Gasteiger partial charge is 0.222 e. The van der Waals surface area contributed by atoms with E-state index in [0.29, 0.717) is 11.8 Å². The molecule has 0 bridgehead atoms. The topological polar surface area (TPSA) is 47.9 Å². The molecule has 2 heterocycles. The predicted molar refractivity (Wildman–Crippen MR) is 129 cm³/mol. The van der Waals surface area contributed by atoms with Crippen molar-refractivity contribution in [2.75, 3.05) is 32.7 Å². The van der Waals surface area contributed by atoms with Crippen molar-refractivity contribution in [1.82, 2.24) is 15.1 Å². The van der Waals surface area contributed by atoms with Gasteiger partial charge in [0.15, 0.2) is 5.96 Å². The molecule has 1 N–H and O–H groups in total. The first-order valence-electron chi connectivity index (χ1n) is 11.1. The van der Waals surface area contributed by atoms with Crippen molar-refractivity contribution in [2.24, 2.45) is 10.4 Å². The minimum atomic E-state index is 0. The Morgan fingerprint density at radius 2 is 1.93 bits per heavy atom. The van der Waals surface area contributed by atoms with E-state index in [1.165, 1.54) is 36.8 Å². The van der Waals surface area contributed by atoms with Crippen LogP contribution in [0.2, 0.25) is 0 Å². The van der Waals surface area contributed by atoms with Crippen LogP contribution in [-0.4, -0.2) is 54.4 Å². The number of amides is 1. The van der Waals surface area contributed by atoms with E-state index >= 15 is 0 Å². The van der Waals surface area contributed by atoms with Crippen LogP contribution in [-0.2, 0) is 17.8 Å². The fourth-order valence-corrected chi connectivity index (χ4v) is 4.91. The zero-order valence-electron chi connectivity index (χ0n) is 17.7. The van der Waals surface area contributed by atoms with E-state index in [9.17, 15) is 4.79 Å². The lowest BCUT2D eigenvalue weighted by molar-refractivity contribution is -0.132. The Morgan fingerprint density at radius 3 is 2.62 bits per heavy atom. The molecule has 4 rings (SSSR count). The number of benzene rings is 1. The number of aliphatic imine (C=N–C) groups is 1. The summed E-state index contributed by atoms with van der Waals surface area (Å²) in [5.41, 5.74) is 3.27. The SMILES string of the molecule is CCNC(=NCCCC(=O)N1CCc2ccccc2C1)N1CCC2(CCC2)C1.I. The van der Waals surface area contributed by atoms with Crippen molar-refractivity contribution in [3.05, 3.63) is 35.4 Å². The molecule has 2 aliphatic heterocycles. The molecule has 1 aromatic rings. The van der Waals surface area contributed by atoms with Gasteiger partial charge in [-0.2, -0.15) is 0 Å². The molecule has 1 saturated heterocycles. The van der Waals surface area contributed by atoms with Crippen molar-refractivity contribution in [1.29, 1.82) is 0 Å². The maximum atomic E-state index is 12.6. The van der Waals surface area contributed by atoms with Gasteiger partial charge < -0.3 is 15.1 Å². The Morgan fingerprint density at radius 1 is 1.14 bits per heavy atom. The zero-order valence-corrected chi connectivity index (χ0v) is 20.0. The van der Waals surface area contributed by atoms with Gasteiger partial charge in [0.2, 0.25) is 5.91 Å². The number of nitrogens with one attached hydrogen (secondary N) is 1. The van der Waals surface area contributed by atoms with E-state index in [4.69, 9.17) is 4.99 Å². The highest BCUT2D eigenvalue weighted by Crippen LogP contribution is 2.47. The number of likely N-dealkylation sites (tertiary alicyclic amines) is 1. The first-order valence-corrected chi connectivity index (χ1v) is 11.1. The number of hydrogen-bond donors (Lipinski definition) is 1. The number of nitrogens with zero attached hydrogens (tertiary/aromatic N) is 3. The maximum Gasteiger partial charge on any atom is 0.222 e. The monoisotopic (exact) mass is 510 g/mol. The summed E-state index contributed by atoms with van der Waals surface area (Å²) < 4.78 is 0. The fourth-order valence-electron chi connectivity index (χ4n) is 4.91. The Balaban J connectivity index is 0.00000240. The van der Waals surface area contributed by atoms with Gasteiger partial charge in [-0.25, -0.2) is 0 Å². The van der Waals surface area contributed by atoms with Gasteiger partial charge in [0, 0.05) is 45.7 Å². The van der Waals surface area contributed by atoms with Gasteiger partial charge in [0.05, 0.1) is 0 Å². The zero-order chi connectivity index (χ0) is 19.4. The number of halogens is 1. The van der Waals surface area contributed by atoms with Crippen molar-refractivity contribution >= 4 is 35.8 Å². The number of guanidine groups is 1. The van der Waals surface area contributed by atoms with E-state index in [1.54, 1.807) is 0 Å². The molecule has 1 aliphatic carbocycles. The third kappa shape index (κ3) is 5.25. The normalized spacial score (nSPS) is 20.1. The molecule has 1 saturated carbocycles. The lowest BCUT2D eigenvalue weighted by Gasteiger charge is -2.38. The Hall–Kier alpha value is -1.31. The molecular weight excluding hydrogens is 475 g/mol. The third-order valence-electron chi connectivity index (χ3n) is 6.78. The van der Waals surface area contributed by atoms with E-state index in [-0.39, 0.29) is 29.9 Å². The second-order valence-electron chi connectivity index (χ2n) is 8.70. The minimum Gasteiger partial charge on any atom is -0.357 e. The summed E-state index contributed by atoms with van der Waals surface area (Å²) in [4.78, 5) is 21.9. The molecule has 0 aromatic heterocycles. The van der Waals surface area contributed by atoms with Gasteiger partial charge in [-0.1, -0.05) is 30.7 Å². The molecule has 3 aliphatic rings. The summed E-state index contributed by atoms with van der Waals surface area (Å²) in [6.07, 6.45) is 7.87. The standard InChI is InChI=1S/C23H34N4O.HI/c1-2-24-22(27-16-13-23(18-27)11-6-12-23)25-14-5-9-21(28)26-15-10-19-7-3-4-8-20(19)17-26;/h3-4,7-8H,2,5-6,9-18H2,1H3,(H,24,25);1H. The Kier molecular flexibility index (Phi) is 7.82. The number of hydrogen-bond acceptors (Lipinski definition) is 2. The van der Waals surface area contributed by atoms with Crippen LogP contribution < -0.4 is 5.32 Å². The number of rotatable bonds is 5. The van der Waals surface area contributed by atoms with Crippen molar-refractivity contribution < 1.29 is 4.79 Å². The largest absolute Gasteiger partial charge is 0.357 e. The molecule has 5 nitrogen and oxygen atoms in total. The van der Waals surface area contributed by atoms with E-state index in [1.807, 2.05) is 4.90 Å². The van der Waals surface area contributed by atoms with Gasteiger partial charge in [-0.3, -0.25) is 9.79 Å². The molecule has 2 fully saturated rings. The number of carbonyl (C=O) groups excluding carboxylic acids is 1. The summed E-state index contributed by atoms with van der Waals surface area (Å²) >= 11 is 0. The first kappa shape index (κ1) is 22.4. The van der Waals surface area contributed by atoms with E-state index < -0.39 is 0 Å². The van der Waals surface area contributed by atoms with Crippen molar-refractivity contribution in [2.45, 2.75) is 58.4 Å². The van der Waals surface area contributed by atoms with Gasteiger partial charge in [-0.15, -0.1) is 24.0 Å². The summed E-state index contributed by atoms with van der Waals surface area (Å²) in [6.45, 7) is 7.64. The lowest BCUT2D eigenvalue weighted by atomic mass is 9.68. The van der Waals surface area contributed by atoms with Crippen LogP contribution in [0.25, 0.3) is 0 Å². The van der Waals surface area contributed by atoms with Gasteiger partial charge in [0.1, 0.15) is 0 Å². The average molecular weight is 510 g/mol. The molecule has 0 unspecified atom stereocenters. The Bertz CT molecular complexity index is 731. The molecule has 1 spiro atoms. The second-order valence-corrected chi connectivity index (χ2v) is 8.70. The highest BCUT2D eigenvalue weighted by atomic mass is 127. The second kappa shape index (κ2) is 10.1. The third-order valence-corrected chi connectivity index (χ3v) is 6.78. The van der Waals surface area contributed by atoms with Gasteiger partial charge in [0.25, 0.3) is 0 Å². The summed E-state index contributed by atoms with van der Waals surface area (Å²) in [6, 6.07) is 8.48. The summed E-state index contributed by atoms with van der Waals surface area (Å²) in [5, 5.41) is 3.45. The Labute approximate surface area is 192 Å². The lowest BCUT2D eigenvalue weighted by Crippen LogP contribution is -2.42. The van der Waals surface area contributed by atoms with Gasteiger partial charge in [-0.05, 0) is 55.6 Å². The molecule has 6 heteroatoms. The summed E-state index contributed by atoms with van der Waals surface area (Å²) in [7, 11) is 0. The predicted octanol–water partition coefficient (Wildman–Crippen LogP) is 3.81. The minimum absolute atomic E-state index is 0. The molecule has 0 radical (unpaired) electrons. The van der Waals surface area contributed by atoms with Crippen LogP contribution in [0.4, 0.5) is 0 Å². The van der Waals surface area contributed by atoms with Crippen molar-refractivity contribution in [3.63, 3.8) is 0 Å². The number of carbonyl (C=O) groups is 1. The quantitative estimate of drug-likeness (QED) is 0.284. The highest BCUT2D eigenvalue weighted by molar-refractivity contribution is 14.0. The van der Waals surface area contributed by atoms with E-state index in [2.05, 4.69) is 41.4 Å². The maximum absolute atomic E-state index is 12.6. The number of fused-ring (bicyclic) bond motifs is 1. The molecular formula is C23H35IN4O. The van der Waals surface area contributed by atoms with Crippen LogP contribution in [0.15, 0.2) is 29.3 Å². The average Bonchev–Trinajstić information content (AvgIpc) is 3.16. The molecule has 1 amide bonds.